The molecule has 27 heavy (non-hydrogen) atoms. The molecule has 0 saturated heterocycles. The van der Waals surface area contributed by atoms with Crippen LogP contribution in [0.3, 0.4) is 0 Å². The molecule has 0 aliphatic heterocycles. The monoisotopic (exact) mass is 387 g/mol. The third-order valence-electron chi connectivity index (χ3n) is 4.35. The Bertz CT molecular complexity index is 1110. The largest absolute Gasteiger partial charge is 0.417 e. The van der Waals surface area contributed by atoms with E-state index in [0.717, 1.165) is 16.5 Å². The summed E-state index contributed by atoms with van der Waals surface area (Å²) in [6.45, 7) is 3.87. The van der Waals surface area contributed by atoms with Gasteiger partial charge in [0.15, 0.2) is 5.65 Å². The molecule has 3 aromatic heterocycles. The van der Waals surface area contributed by atoms with Crippen molar-refractivity contribution in [2.75, 3.05) is 0 Å². The molecule has 0 saturated carbocycles. The lowest BCUT2D eigenvalue weighted by molar-refractivity contribution is -0.136. The third-order valence-corrected chi connectivity index (χ3v) is 5.37. The fourth-order valence-corrected chi connectivity index (χ4v) is 3.97. The molecule has 0 spiro atoms. The van der Waals surface area contributed by atoms with Crippen molar-refractivity contribution in [2.45, 2.75) is 26.6 Å². The highest BCUT2D eigenvalue weighted by atomic mass is 32.1. The summed E-state index contributed by atoms with van der Waals surface area (Å²) in [4.78, 5) is 6.30. The van der Waals surface area contributed by atoms with Gasteiger partial charge < -0.3 is 0 Å². The van der Waals surface area contributed by atoms with Gasteiger partial charge >= 0.3 is 6.18 Å². The Morgan fingerprint density at radius 1 is 1.04 bits per heavy atom. The van der Waals surface area contributed by atoms with Crippen LogP contribution in [0.15, 0.2) is 48.5 Å². The number of fused-ring (bicyclic) bond motifs is 1. The summed E-state index contributed by atoms with van der Waals surface area (Å²) < 4.78 is 42.9. The van der Waals surface area contributed by atoms with Crippen LogP contribution in [0.4, 0.5) is 13.2 Å². The van der Waals surface area contributed by atoms with Crippen molar-refractivity contribution in [3.8, 4) is 10.6 Å². The van der Waals surface area contributed by atoms with Gasteiger partial charge in [-0.1, -0.05) is 30.3 Å². The number of hydrogen-bond acceptors (Lipinski definition) is 3. The molecule has 0 atom stereocenters. The number of aryl methyl sites for hydroxylation is 2. The summed E-state index contributed by atoms with van der Waals surface area (Å²) in [6, 6.07) is 14.3. The van der Waals surface area contributed by atoms with E-state index in [-0.39, 0.29) is 11.0 Å². The van der Waals surface area contributed by atoms with Crippen molar-refractivity contribution in [2.24, 2.45) is 0 Å². The Kier molecular flexibility index (Phi) is 4.26. The van der Waals surface area contributed by atoms with Gasteiger partial charge in [0, 0.05) is 4.88 Å². The molecule has 0 unspecified atom stereocenters. The fraction of sp³-hybridized carbons (Fsp3) is 0.200. The average molecular weight is 387 g/mol. The number of nitrogens with zero attached hydrogens (tertiary/aromatic N) is 3. The van der Waals surface area contributed by atoms with E-state index in [9.17, 15) is 13.2 Å². The fourth-order valence-electron chi connectivity index (χ4n) is 3.14. The maximum absolute atomic E-state index is 13.8. The summed E-state index contributed by atoms with van der Waals surface area (Å²) in [6.07, 6.45) is -4.48. The van der Waals surface area contributed by atoms with Crippen molar-refractivity contribution in [3.05, 3.63) is 70.2 Å². The van der Waals surface area contributed by atoms with Gasteiger partial charge in [-0.3, -0.25) is 0 Å². The van der Waals surface area contributed by atoms with E-state index in [1.54, 1.807) is 17.7 Å². The molecule has 0 radical (unpaired) electrons. The molecule has 7 heteroatoms. The van der Waals surface area contributed by atoms with Crippen LogP contribution < -0.4 is 0 Å². The molecule has 0 amide bonds. The average Bonchev–Trinajstić information content (AvgIpc) is 3.18. The normalized spacial score (nSPS) is 12.0. The maximum atomic E-state index is 13.8. The van der Waals surface area contributed by atoms with E-state index in [1.165, 1.54) is 11.3 Å². The number of benzene rings is 1. The predicted octanol–water partition coefficient (Wildman–Crippen LogP) is 5.84. The van der Waals surface area contributed by atoms with E-state index in [2.05, 4.69) is 10.1 Å². The van der Waals surface area contributed by atoms with Crippen LogP contribution in [0.25, 0.3) is 21.6 Å². The highest BCUT2D eigenvalue weighted by Crippen LogP contribution is 2.39. The molecule has 0 bridgehead atoms. The van der Waals surface area contributed by atoms with Gasteiger partial charge in [-0.2, -0.15) is 18.3 Å². The zero-order chi connectivity index (χ0) is 19.2. The zero-order valence-corrected chi connectivity index (χ0v) is 15.5. The highest BCUT2D eigenvalue weighted by Gasteiger charge is 2.35. The van der Waals surface area contributed by atoms with Crippen molar-refractivity contribution in [1.29, 1.82) is 0 Å². The van der Waals surface area contributed by atoms with Gasteiger partial charge in [0.05, 0.1) is 33.8 Å². The number of hydrogen-bond donors (Lipinski definition) is 0. The summed E-state index contributed by atoms with van der Waals surface area (Å²) in [5.74, 6) is 0. The quantitative estimate of drug-likeness (QED) is 0.442. The molecule has 3 heterocycles. The Labute approximate surface area is 158 Å². The summed E-state index contributed by atoms with van der Waals surface area (Å²) >= 11 is 1.43. The van der Waals surface area contributed by atoms with Crippen LogP contribution in [-0.2, 0) is 12.7 Å². The van der Waals surface area contributed by atoms with E-state index in [0.29, 0.717) is 22.8 Å². The minimum atomic E-state index is -4.48. The van der Waals surface area contributed by atoms with Gasteiger partial charge in [-0.15, -0.1) is 11.3 Å². The predicted molar refractivity (Wildman–Crippen MR) is 101 cm³/mol. The number of rotatable bonds is 3. The molecule has 0 fully saturated rings. The maximum Gasteiger partial charge on any atom is 0.417 e. The lowest BCUT2D eigenvalue weighted by Gasteiger charge is -2.11. The Morgan fingerprint density at radius 3 is 2.41 bits per heavy atom. The highest BCUT2D eigenvalue weighted by molar-refractivity contribution is 7.15. The van der Waals surface area contributed by atoms with Crippen molar-refractivity contribution < 1.29 is 13.2 Å². The molecule has 4 aromatic rings. The van der Waals surface area contributed by atoms with Gasteiger partial charge in [0.1, 0.15) is 0 Å². The molecule has 0 aliphatic rings. The molecule has 4 rings (SSSR count). The van der Waals surface area contributed by atoms with Crippen molar-refractivity contribution in [3.63, 3.8) is 0 Å². The van der Waals surface area contributed by atoms with Crippen molar-refractivity contribution in [1.82, 2.24) is 14.8 Å². The molecule has 1 aromatic carbocycles. The molecular formula is C20H16F3N3S. The Balaban J connectivity index is 1.95. The summed E-state index contributed by atoms with van der Waals surface area (Å²) in [5.41, 5.74) is 1.17. The van der Waals surface area contributed by atoms with Gasteiger partial charge in [0.2, 0.25) is 0 Å². The lowest BCUT2D eigenvalue weighted by Crippen LogP contribution is -2.08. The SMILES string of the molecule is Cc1ccc(-c2cc(C(F)(F)F)c3c(C)nn(Cc4ccccc4)c3n2)s1. The lowest BCUT2D eigenvalue weighted by atomic mass is 10.1. The second kappa shape index (κ2) is 6.49. The first-order valence-corrected chi connectivity index (χ1v) is 9.20. The molecule has 138 valence electrons. The number of aromatic nitrogens is 3. The standard InChI is InChI=1S/C20H16F3N3S/c1-12-8-9-17(27-12)16-10-15(20(21,22)23)18-13(2)25-26(19(18)24-16)11-14-6-4-3-5-7-14/h3-10H,11H2,1-2H3. The third kappa shape index (κ3) is 3.35. The van der Waals surface area contributed by atoms with Crippen LogP contribution in [0, 0.1) is 13.8 Å². The number of pyridine rings is 1. The van der Waals surface area contributed by atoms with Crippen LogP contribution in [0.2, 0.25) is 0 Å². The Morgan fingerprint density at radius 2 is 1.78 bits per heavy atom. The number of thiophene rings is 1. The molecular weight excluding hydrogens is 371 g/mol. The van der Waals surface area contributed by atoms with Crippen LogP contribution in [0.5, 0.6) is 0 Å². The minimum absolute atomic E-state index is 0.0652. The summed E-state index contributed by atoms with van der Waals surface area (Å²) in [7, 11) is 0. The van der Waals surface area contributed by atoms with E-state index >= 15 is 0 Å². The molecule has 0 aliphatic carbocycles. The number of halogens is 3. The first-order valence-electron chi connectivity index (χ1n) is 8.39. The van der Waals surface area contributed by atoms with E-state index in [1.807, 2.05) is 43.3 Å². The van der Waals surface area contributed by atoms with Crippen LogP contribution in [0.1, 0.15) is 21.7 Å². The topological polar surface area (TPSA) is 30.7 Å². The summed E-state index contributed by atoms with van der Waals surface area (Å²) in [5, 5.41) is 4.42. The smallest absolute Gasteiger partial charge is 0.243 e. The molecule has 3 nitrogen and oxygen atoms in total. The van der Waals surface area contributed by atoms with Crippen LogP contribution in [-0.4, -0.2) is 14.8 Å². The van der Waals surface area contributed by atoms with Gasteiger partial charge in [-0.05, 0) is 37.6 Å². The Hall–Kier alpha value is -2.67. The minimum Gasteiger partial charge on any atom is -0.243 e. The number of alkyl halides is 3. The van der Waals surface area contributed by atoms with Gasteiger partial charge in [-0.25, -0.2) is 9.67 Å². The molecule has 0 N–H and O–H groups in total. The second-order valence-electron chi connectivity index (χ2n) is 6.39. The second-order valence-corrected chi connectivity index (χ2v) is 7.68. The first-order chi connectivity index (χ1) is 12.8. The van der Waals surface area contributed by atoms with E-state index < -0.39 is 11.7 Å². The zero-order valence-electron chi connectivity index (χ0n) is 14.7. The van der Waals surface area contributed by atoms with E-state index in [4.69, 9.17) is 0 Å². The van der Waals surface area contributed by atoms with Crippen LogP contribution >= 0.6 is 11.3 Å². The van der Waals surface area contributed by atoms with Gasteiger partial charge in [0.25, 0.3) is 0 Å². The van der Waals surface area contributed by atoms with Crippen molar-refractivity contribution >= 4 is 22.4 Å². The first kappa shape index (κ1) is 17.7.